The van der Waals surface area contributed by atoms with Crippen LogP contribution in [-0.2, 0) is 28.1 Å². The lowest BCUT2D eigenvalue weighted by molar-refractivity contribution is 0.188. The Hall–Kier alpha value is -4.95. The average molecular weight is 718 g/mol. The van der Waals surface area contributed by atoms with Gasteiger partial charge in [-0.3, -0.25) is 4.98 Å². The zero-order valence-corrected chi connectivity index (χ0v) is 28.7. The summed E-state index contributed by atoms with van der Waals surface area (Å²) in [4.78, 5) is 18.0. The smallest absolute Gasteiger partial charge is 0.241 e. The predicted octanol–water partition coefficient (Wildman–Crippen LogP) is 7.99. The first-order valence-corrected chi connectivity index (χ1v) is 17.4. The highest BCUT2D eigenvalue weighted by Crippen LogP contribution is 2.38. The number of benzene rings is 3. The number of fused-ring (bicyclic) bond motifs is 1. The molecule has 0 saturated carbocycles. The van der Waals surface area contributed by atoms with Gasteiger partial charge in [-0.05, 0) is 60.5 Å². The lowest BCUT2D eigenvalue weighted by Crippen LogP contribution is -2.15. The summed E-state index contributed by atoms with van der Waals surface area (Å²) in [6.45, 7) is 2.07. The van der Waals surface area contributed by atoms with E-state index in [2.05, 4.69) is 20.3 Å². The first kappa shape index (κ1) is 33.9. The van der Waals surface area contributed by atoms with E-state index >= 15 is 0 Å². The van der Waals surface area contributed by atoms with Crippen LogP contribution in [0, 0.1) is 5.82 Å². The molecule has 250 valence electrons. The fourth-order valence-corrected chi connectivity index (χ4v) is 6.61. The Morgan fingerprint density at radius 1 is 1.02 bits per heavy atom. The minimum Gasteiger partial charge on any atom is -0.496 e. The second-order valence-electron chi connectivity index (χ2n) is 10.7. The Bertz CT molecular complexity index is 2240. The van der Waals surface area contributed by atoms with Gasteiger partial charge in [-0.15, -0.1) is 11.3 Å². The van der Waals surface area contributed by atoms with Crippen LogP contribution in [0.1, 0.15) is 35.7 Å². The van der Waals surface area contributed by atoms with Gasteiger partial charge in [0.2, 0.25) is 10.3 Å². The zero-order chi connectivity index (χ0) is 34.3. The first-order valence-electron chi connectivity index (χ1n) is 15.0. The predicted molar refractivity (Wildman–Crippen MR) is 189 cm³/mol. The van der Waals surface area contributed by atoms with Crippen molar-refractivity contribution in [1.82, 2.24) is 19.9 Å². The number of hydrogen-bond donors (Lipinski definition) is 1. The van der Waals surface area contributed by atoms with Crippen LogP contribution >= 0.6 is 22.9 Å². The number of nitrogens with zero attached hydrogens (tertiary/aromatic N) is 4. The molecule has 10 nitrogen and oxygen atoms in total. The SMILES string of the molecule is CCC(OC(Cc1ccccn1)=S(=O)=O)c1nc(-c2cc3c(Nc4ccc(OCc5cccc(F)c5)c(Cl)c4)ncnc3cc2OC)cs1. The minimum atomic E-state index is -2.57. The Labute approximate surface area is 292 Å². The van der Waals surface area contributed by atoms with Gasteiger partial charge in [-0.25, -0.2) is 19.3 Å². The van der Waals surface area contributed by atoms with Gasteiger partial charge in [-0.2, -0.15) is 8.42 Å². The lowest BCUT2D eigenvalue weighted by Gasteiger charge is -2.14. The standard InChI is InChI=1S/C35H29ClFN5O5S2/c1-3-30(47-33(49(43)44)15-23-9-4-5-12-38-23)35-42-29(19-48-35)25-16-26-28(17-32(25)45-2)39-20-40-34(26)41-24-10-11-31(27(36)14-24)46-18-21-7-6-8-22(37)13-21/h4-14,16-17,19-20,30H,3,15,18H2,1-2H3,(H,39,40,41). The Kier molecular flexibility index (Phi) is 10.7. The molecule has 49 heavy (non-hydrogen) atoms. The minimum absolute atomic E-state index is 0.0375. The number of thiazole rings is 1. The van der Waals surface area contributed by atoms with E-state index in [1.54, 1.807) is 67.9 Å². The van der Waals surface area contributed by atoms with E-state index < -0.39 is 16.4 Å². The molecule has 1 atom stereocenters. The molecule has 3 aromatic carbocycles. The Balaban J connectivity index is 1.24. The van der Waals surface area contributed by atoms with Crippen LogP contribution in [0.25, 0.3) is 22.2 Å². The summed E-state index contributed by atoms with van der Waals surface area (Å²) >= 11 is 7.90. The van der Waals surface area contributed by atoms with Gasteiger partial charge in [0.05, 0.1) is 29.8 Å². The quantitative estimate of drug-likeness (QED) is 0.125. The maximum absolute atomic E-state index is 13.5. The van der Waals surface area contributed by atoms with Gasteiger partial charge in [0, 0.05) is 40.0 Å². The molecule has 0 saturated heterocycles. The summed E-state index contributed by atoms with van der Waals surface area (Å²) in [5.41, 5.74) is 3.87. The van der Waals surface area contributed by atoms with E-state index in [1.165, 1.54) is 29.8 Å². The number of rotatable bonds is 12. The van der Waals surface area contributed by atoms with Crippen molar-refractivity contribution in [2.24, 2.45) is 0 Å². The molecule has 0 aliphatic heterocycles. The van der Waals surface area contributed by atoms with Gasteiger partial charge in [0.1, 0.15) is 47.2 Å². The van der Waals surface area contributed by atoms with Crippen molar-refractivity contribution in [2.75, 3.05) is 12.4 Å². The third kappa shape index (κ3) is 8.20. The summed E-state index contributed by atoms with van der Waals surface area (Å²) in [5, 5.41) is 6.76. The number of nitrogens with one attached hydrogen (secondary N) is 1. The van der Waals surface area contributed by atoms with Gasteiger partial charge in [0.25, 0.3) is 0 Å². The van der Waals surface area contributed by atoms with Crippen LogP contribution in [0.5, 0.6) is 11.5 Å². The zero-order valence-electron chi connectivity index (χ0n) is 26.3. The molecule has 14 heteroatoms. The number of hydrogen-bond acceptors (Lipinski definition) is 11. The molecule has 6 aromatic rings. The lowest BCUT2D eigenvalue weighted by atomic mass is 10.1. The van der Waals surface area contributed by atoms with E-state index in [0.717, 1.165) is 0 Å². The van der Waals surface area contributed by atoms with Crippen molar-refractivity contribution >= 4 is 60.7 Å². The molecule has 1 unspecified atom stereocenters. The number of ether oxygens (including phenoxy) is 3. The maximum atomic E-state index is 13.5. The van der Waals surface area contributed by atoms with Crippen LogP contribution in [0.3, 0.4) is 0 Å². The fraction of sp³-hybridized carbons (Fsp3) is 0.171. The normalized spacial score (nSPS) is 11.7. The van der Waals surface area contributed by atoms with Crippen molar-refractivity contribution < 1.29 is 27.0 Å². The topological polar surface area (TPSA) is 125 Å². The first-order chi connectivity index (χ1) is 23.8. The summed E-state index contributed by atoms with van der Waals surface area (Å²) in [7, 11) is -1.00. The largest absolute Gasteiger partial charge is 0.496 e. The van der Waals surface area contributed by atoms with E-state index in [-0.39, 0.29) is 23.9 Å². The molecular weight excluding hydrogens is 689 g/mol. The van der Waals surface area contributed by atoms with Crippen molar-refractivity contribution in [3.05, 3.63) is 118 Å². The van der Waals surface area contributed by atoms with Crippen LogP contribution in [-0.4, -0.2) is 40.5 Å². The molecule has 3 heterocycles. The summed E-state index contributed by atoms with van der Waals surface area (Å²) < 4.78 is 55.2. The van der Waals surface area contributed by atoms with E-state index in [1.807, 2.05) is 18.4 Å². The summed E-state index contributed by atoms with van der Waals surface area (Å²) in [6.07, 6.45) is 2.99. The van der Waals surface area contributed by atoms with E-state index in [4.69, 9.17) is 30.8 Å². The van der Waals surface area contributed by atoms with E-state index in [0.29, 0.717) is 72.9 Å². The van der Waals surface area contributed by atoms with Crippen LogP contribution < -0.4 is 14.8 Å². The van der Waals surface area contributed by atoms with Gasteiger partial charge >= 0.3 is 0 Å². The van der Waals surface area contributed by atoms with Crippen LogP contribution in [0.4, 0.5) is 15.9 Å². The van der Waals surface area contributed by atoms with Gasteiger partial charge in [0.15, 0.2) is 5.05 Å². The number of halogens is 2. The fourth-order valence-electron chi connectivity index (χ4n) is 4.99. The molecule has 0 aliphatic rings. The van der Waals surface area contributed by atoms with Crippen LogP contribution in [0.2, 0.25) is 5.02 Å². The van der Waals surface area contributed by atoms with Crippen molar-refractivity contribution in [3.8, 4) is 22.8 Å². The average Bonchev–Trinajstić information content (AvgIpc) is 3.59. The second kappa shape index (κ2) is 15.5. The second-order valence-corrected chi connectivity index (χ2v) is 12.9. The maximum Gasteiger partial charge on any atom is 0.241 e. The highest BCUT2D eigenvalue weighted by atomic mass is 35.5. The molecule has 0 amide bonds. The van der Waals surface area contributed by atoms with Crippen molar-refractivity contribution in [2.45, 2.75) is 32.5 Å². The third-order valence-corrected chi connectivity index (χ3v) is 9.23. The Morgan fingerprint density at radius 3 is 2.63 bits per heavy atom. The molecule has 3 aromatic heterocycles. The van der Waals surface area contributed by atoms with Crippen LogP contribution in [0.15, 0.2) is 90.7 Å². The highest BCUT2D eigenvalue weighted by Gasteiger charge is 2.21. The van der Waals surface area contributed by atoms with Gasteiger partial charge in [-0.1, -0.05) is 36.7 Å². The number of anilines is 2. The molecule has 6 rings (SSSR count). The molecule has 0 aliphatic carbocycles. The number of aromatic nitrogens is 4. The highest BCUT2D eigenvalue weighted by molar-refractivity contribution is 7.72. The molecular formula is C35H29ClFN5O5S2. The summed E-state index contributed by atoms with van der Waals surface area (Å²) in [6, 6.07) is 20.4. The molecule has 0 fully saturated rings. The third-order valence-electron chi connectivity index (χ3n) is 7.39. The molecule has 1 N–H and O–H groups in total. The van der Waals surface area contributed by atoms with Gasteiger partial charge < -0.3 is 19.5 Å². The Morgan fingerprint density at radius 2 is 1.90 bits per heavy atom. The molecule has 0 spiro atoms. The summed E-state index contributed by atoms with van der Waals surface area (Å²) in [5.74, 6) is 1.19. The van der Waals surface area contributed by atoms with Crippen molar-refractivity contribution in [3.63, 3.8) is 0 Å². The van der Waals surface area contributed by atoms with E-state index in [9.17, 15) is 12.8 Å². The molecule has 0 bridgehead atoms. The number of methoxy groups -OCH3 is 1. The molecule has 0 radical (unpaired) electrons. The monoisotopic (exact) mass is 717 g/mol. The number of pyridine rings is 1. The van der Waals surface area contributed by atoms with Crippen molar-refractivity contribution in [1.29, 1.82) is 0 Å².